The molecule has 0 unspecified atom stereocenters. The minimum atomic E-state index is -4.67. The molecule has 4 aliphatic heterocycles. The van der Waals surface area contributed by atoms with E-state index < -0.39 is 23.8 Å². The number of alkyl halides is 3. The smallest absolute Gasteiger partial charge is 0.386 e. The van der Waals surface area contributed by atoms with Gasteiger partial charge in [-0.25, -0.2) is 9.59 Å². The summed E-state index contributed by atoms with van der Waals surface area (Å²) in [4.78, 5) is 48.4. The second kappa shape index (κ2) is 15.6. The average molecular weight is 738 g/mol. The molecular formula is C35H47ClF3N7O3S. The standard InChI is InChI=1S/C35H47ClF3N7O3S/c1-40-31-27(35(37,38)39)17-22(18-28(31)36)19-29(32(47)44-12-5-24(6-13-44)23-3-10-43(2)11-4-23)41-33(48)45-14-8-26(9-15-45)46-16-7-25-20-50-21-30(25)42-34(46)49/h17-18,20-21,23-24,26,29,40H,3-16,19H2,1-2H3,(H,41,48)(H,42,49)/t29-/m1/s1. The van der Waals surface area contributed by atoms with Crippen LogP contribution in [0.4, 0.5) is 34.1 Å². The van der Waals surface area contributed by atoms with Crippen molar-refractivity contribution in [2.24, 2.45) is 11.8 Å². The van der Waals surface area contributed by atoms with Crippen LogP contribution in [0.25, 0.3) is 0 Å². The monoisotopic (exact) mass is 737 g/mol. The van der Waals surface area contributed by atoms with E-state index in [1.54, 1.807) is 21.1 Å². The molecule has 2 aromatic rings. The number of anilines is 2. The number of halogens is 4. The van der Waals surface area contributed by atoms with Crippen LogP contribution in [0.1, 0.15) is 55.2 Å². The molecule has 1 atom stereocenters. The second-order valence-electron chi connectivity index (χ2n) is 14.2. The third-order valence-electron chi connectivity index (χ3n) is 11.1. The summed E-state index contributed by atoms with van der Waals surface area (Å²) in [5.41, 5.74) is 1.02. The number of carbonyl (C=O) groups excluding carboxylic acids is 3. The number of likely N-dealkylation sites (tertiary alicyclic amines) is 3. The molecule has 50 heavy (non-hydrogen) atoms. The molecule has 10 nitrogen and oxygen atoms in total. The topological polar surface area (TPSA) is 100 Å². The van der Waals surface area contributed by atoms with Gasteiger partial charge in [0.2, 0.25) is 5.91 Å². The molecule has 274 valence electrons. The average Bonchev–Trinajstić information content (AvgIpc) is 3.47. The Hall–Kier alpha value is -3.23. The van der Waals surface area contributed by atoms with E-state index in [1.807, 2.05) is 10.3 Å². The first-order valence-corrected chi connectivity index (χ1v) is 19.0. The van der Waals surface area contributed by atoms with E-state index in [4.69, 9.17) is 11.6 Å². The second-order valence-corrected chi connectivity index (χ2v) is 15.3. The summed E-state index contributed by atoms with van der Waals surface area (Å²) in [6.45, 7) is 4.59. The summed E-state index contributed by atoms with van der Waals surface area (Å²) < 4.78 is 42.1. The highest BCUT2D eigenvalue weighted by Gasteiger charge is 2.38. The van der Waals surface area contributed by atoms with E-state index in [2.05, 4.69) is 33.3 Å². The van der Waals surface area contributed by atoms with Crippen LogP contribution in [0.5, 0.6) is 0 Å². The molecule has 0 spiro atoms. The van der Waals surface area contributed by atoms with Crippen LogP contribution in [0.15, 0.2) is 22.9 Å². The first kappa shape index (κ1) is 36.6. The molecule has 15 heteroatoms. The van der Waals surface area contributed by atoms with Gasteiger partial charge in [-0.15, -0.1) is 11.3 Å². The van der Waals surface area contributed by atoms with Gasteiger partial charge in [-0.2, -0.15) is 13.2 Å². The fourth-order valence-corrected chi connectivity index (χ4v) is 9.29. The minimum absolute atomic E-state index is 0.0383. The van der Waals surface area contributed by atoms with Gasteiger partial charge in [-0.05, 0) is 106 Å². The molecule has 5 amide bonds. The van der Waals surface area contributed by atoms with Gasteiger partial charge in [0, 0.05) is 57.6 Å². The Balaban J connectivity index is 1.13. The predicted octanol–water partition coefficient (Wildman–Crippen LogP) is 6.22. The lowest BCUT2D eigenvalue weighted by molar-refractivity contribution is -0.137. The van der Waals surface area contributed by atoms with Crippen LogP contribution >= 0.6 is 22.9 Å². The molecule has 3 saturated heterocycles. The van der Waals surface area contributed by atoms with Gasteiger partial charge < -0.3 is 35.6 Å². The van der Waals surface area contributed by atoms with Crippen molar-refractivity contribution in [2.45, 2.75) is 69.6 Å². The quantitative estimate of drug-likeness (QED) is 0.314. The van der Waals surface area contributed by atoms with Crippen molar-refractivity contribution in [3.05, 3.63) is 44.6 Å². The largest absolute Gasteiger partial charge is 0.418 e. The fourth-order valence-electron chi connectivity index (χ4n) is 8.13. The molecular weight excluding hydrogens is 691 g/mol. The number of carbonyl (C=O) groups is 3. The zero-order valence-electron chi connectivity index (χ0n) is 28.7. The number of fused-ring (bicyclic) bond motifs is 1. The molecule has 0 aliphatic carbocycles. The summed E-state index contributed by atoms with van der Waals surface area (Å²) in [6.07, 6.45) is 1.13. The predicted molar refractivity (Wildman–Crippen MR) is 190 cm³/mol. The zero-order chi connectivity index (χ0) is 35.6. The van der Waals surface area contributed by atoms with Gasteiger partial charge in [0.15, 0.2) is 0 Å². The number of amides is 5. The number of rotatable bonds is 7. The van der Waals surface area contributed by atoms with Gasteiger partial charge in [-0.1, -0.05) is 11.6 Å². The highest BCUT2D eigenvalue weighted by atomic mass is 35.5. The van der Waals surface area contributed by atoms with Crippen LogP contribution < -0.4 is 16.0 Å². The van der Waals surface area contributed by atoms with Gasteiger partial charge in [0.05, 0.1) is 22.0 Å². The van der Waals surface area contributed by atoms with E-state index in [-0.39, 0.29) is 40.7 Å². The number of piperidine rings is 3. The van der Waals surface area contributed by atoms with Crippen LogP contribution in [-0.4, -0.2) is 110 Å². The van der Waals surface area contributed by atoms with Gasteiger partial charge in [0.25, 0.3) is 0 Å². The number of thiophene rings is 1. The molecule has 0 saturated carbocycles. The van der Waals surface area contributed by atoms with Crippen LogP contribution in [-0.2, 0) is 23.8 Å². The molecule has 0 radical (unpaired) electrons. The van der Waals surface area contributed by atoms with Crippen LogP contribution in [0.2, 0.25) is 5.02 Å². The Morgan fingerprint density at radius 1 is 0.960 bits per heavy atom. The van der Waals surface area contributed by atoms with E-state index in [9.17, 15) is 27.6 Å². The van der Waals surface area contributed by atoms with Gasteiger partial charge in [-0.3, -0.25) is 4.79 Å². The minimum Gasteiger partial charge on any atom is -0.386 e. The molecule has 5 heterocycles. The Morgan fingerprint density at radius 2 is 1.60 bits per heavy atom. The van der Waals surface area contributed by atoms with E-state index in [0.717, 1.165) is 62.5 Å². The lowest BCUT2D eigenvalue weighted by Crippen LogP contribution is -2.57. The van der Waals surface area contributed by atoms with Crippen LogP contribution in [0.3, 0.4) is 0 Å². The summed E-state index contributed by atoms with van der Waals surface area (Å²) in [5, 5.41) is 12.3. The molecule has 1 aromatic carbocycles. The summed E-state index contributed by atoms with van der Waals surface area (Å²) in [6, 6.07) is 0.734. The Bertz CT molecular complexity index is 1530. The first-order chi connectivity index (χ1) is 23.9. The normalized spacial score (nSPS) is 21.0. The van der Waals surface area contributed by atoms with Gasteiger partial charge in [0.1, 0.15) is 6.04 Å². The van der Waals surface area contributed by atoms with E-state index >= 15 is 0 Å². The van der Waals surface area contributed by atoms with E-state index in [0.29, 0.717) is 57.4 Å². The number of nitrogens with one attached hydrogen (secondary N) is 3. The van der Waals surface area contributed by atoms with Crippen molar-refractivity contribution in [3.63, 3.8) is 0 Å². The van der Waals surface area contributed by atoms with Crippen molar-refractivity contribution in [1.82, 2.24) is 24.9 Å². The molecule has 4 aliphatic rings. The highest BCUT2D eigenvalue weighted by Crippen LogP contribution is 2.40. The SMILES string of the molecule is CNc1c(Cl)cc(C[C@@H](NC(=O)N2CCC(N3CCc4cscc4NC3=O)CC2)C(=O)N2CCC(C3CCN(C)CC3)CC2)cc1C(F)(F)F. The first-order valence-electron chi connectivity index (χ1n) is 17.6. The number of hydrogen-bond donors (Lipinski definition) is 3. The zero-order valence-corrected chi connectivity index (χ0v) is 30.2. The Kier molecular flexibility index (Phi) is 11.4. The Labute approximate surface area is 300 Å². The third-order valence-corrected chi connectivity index (χ3v) is 12.2. The maximum Gasteiger partial charge on any atom is 0.418 e. The molecule has 3 N–H and O–H groups in total. The van der Waals surface area contributed by atoms with Crippen molar-refractivity contribution in [3.8, 4) is 0 Å². The highest BCUT2D eigenvalue weighted by molar-refractivity contribution is 7.08. The summed E-state index contributed by atoms with van der Waals surface area (Å²) >= 11 is 7.87. The maximum absolute atomic E-state index is 14.1. The maximum atomic E-state index is 14.1. The van der Waals surface area contributed by atoms with Crippen molar-refractivity contribution in [1.29, 1.82) is 0 Å². The molecule has 6 rings (SSSR count). The number of benzene rings is 1. The third kappa shape index (κ3) is 8.28. The fraction of sp³-hybridized carbons (Fsp3) is 0.629. The van der Waals surface area contributed by atoms with Crippen molar-refractivity contribution < 1.29 is 27.6 Å². The van der Waals surface area contributed by atoms with Crippen LogP contribution in [0, 0.1) is 11.8 Å². The lowest BCUT2D eigenvalue weighted by atomic mass is 9.79. The summed E-state index contributed by atoms with van der Waals surface area (Å²) in [7, 11) is 3.51. The van der Waals surface area contributed by atoms with Crippen molar-refractivity contribution in [2.75, 3.05) is 70.5 Å². The van der Waals surface area contributed by atoms with Gasteiger partial charge >= 0.3 is 18.2 Å². The van der Waals surface area contributed by atoms with Crippen molar-refractivity contribution >= 4 is 52.3 Å². The molecule has 0 bridgehead atoms. The number of hydrogen-bond acceptors (Lipinski definition) is 6. The van der Waals surface area contributed by atoms with E-state index in [1.165, 1.54) is 13.1 Å². The summed E-state index contributed by atoms with van der Waals surface area (Å²) in [5.74, 6) is 0.859. The lowest BCUT2D eigenvalue weighted by Gasteiger charge is -2.41. The Morgan fingerprint density at radius 3 is 2.24 bits per heavy atom. The molecule has 3 fully saturated rings. The number of urea groups is 2. The molecule has 1 aromatic heterocycles. The number of nitrogens with zero attached hydrogens (tertiary/aromatic N) is 4.